The van der Waals surface area contributed by atoms with Crippen molar-refractivity contribution in [3.63, 3.8) is 0 Å². The molecule has 0 saturated carbocycles. The zero-order valence-corrected chi connectivity index (χ0v) is 11.9. The number of nitrogens with zero attached hydrogens (tertiary/aromatic N) is 1. The van der Waals surface area contributed by atoms with E-state index in [2.05, 4.69) is 26.9 Å². The number of hydrogen-bond donors (Lipinski definition) is 0. The van der Waals surface area contributed by atoms with Crippen molar-refractivity contribution in [2.24, 2.45) is 0 Å². The number of alkyl halides is 1. The summed E-state index contributed by atoms with van der Waals surface area (Å²) in [6.07, 6.45) is 3.23. The van der Waals surface area contributed by atoms with E-state index >= 15 is 0 Å². The first-order chi connectivity index (χ1) is 8.28. The summed E-state index contributed by atoms with van der Waals surface area (Å²) in [5.41, 5.74) is 2.45. The van der Waals surface area contributed by atoms with E-state index in [9.17, 15) is 0 Å². The third-order valence-electron chi connectivity index (χ3n) is 3.61. The number of fused-ring (bicyclic) bond motifs is 2. The van der Waals surface area contributed by atoms with Crippen LogP contribution in [0.1, 0.15) is 18.4 Å². The number of benzene rings is 1. The summed E-state index contributed by atoms with van der Waals surface area (Å²) in [4.78, 5) is 2.42. The predicted octanol–water partition coefficient (Wildman–Crippen LogP) is 3.60. The van der Waals surface area contributed by atoms with Crippen molar-refractivity contribution in [1.29, 1.82) is 0 Å². The minimum atomic E-state index is 0.413. The summed E-state index contributed by atoms with van der Waals surface area (Å²) in [5.74, 6) is 0. The second kappa shape index (κ2) is 4.79. The number of hydrogen-bond acceptors (Lipinski definition) is 2. The SMILES string of the molecule is Clc1cccc(N2CC3CCC(C2)O3)c1CBr. The minimum Gasteiger partial charge on any atom is -0.371 e. The monoisotopic (exact) mass is 315 g/mol. The Morgan fingerprint density at radius 3 is 2.65 bits per heavy atom. The summed E-state index contributed by atoms with van der Waals surface area (Å²) in [5, 5.41) is 1.65. The molecule has 0 aliphatic carbocycles. The number of ether oxygens (including phenoxy) is 1. The highest BCUT2D eigenvalue weighted by Crippen LogP contribution is 2.34. The first kappa shape index (κ1) is 11.8. The maximum Gasteiger partial charge on any atom is 0.0755 e. The van der Waals surface area contributed by atoms with Crippen molar-refractivity contribution < 1.29 is 4.74 Å². The van der Waals surface area contributed by atoms with Crippen molar-refractivity contribution in [3.8, 4) is 0 Å². The second-order valence-corrected chi connectivity index (χ2v) is 5.70. The quantitative estimate of drug-likeness (QED) is 0.773. The van der Waals surface area contributed by atoms with Gasteiger partial charge in [-0.05, 0) is 25.0 Å². The van der Waals surface area contributed by atoms with Crippen molar-refractivity contribution in [2.75, 3.05) is 18.0 Å². The van der Waals surface area contributed by atoms with Crippen LogP contribution in [0.15, 0.2) is 18.2 Å². The van der Waals surface area contributed by atoms with Gasteiger partial charge >= 0.3 is 0 Å². The van der Waals surface area contributed by atoms with E-state index in [4.69, 9.17) is 16.3 Å². The Hall–Kier alpha value is -0.250. The average molecular weight is 317 g/mol. The number of morpholine rings is 1. The topological polar surface area (TPSA) is 12.5 Å². The Balaban J connectivity index is 1.91. The normalized spacial score (nSPS) is 27.5. The van der Waals surface area contributed by atoms with E-state index in [1.165, 1.54) is 24.1 Å². The van der Waals surface area contributed by atoms with Crippen LogP contribution in [0.4, 0.5) is 5.69 Å². The van der Waals surface area contributed by atoms with Crippen LogP contribution in [0.5, 0.6) is 0 Å². The molecule has 0 amide bonds. The van der Waals surface area contributed by atoms with Crippen LogP contribution in [0.2, 0.25) is 5.02 Å². The molecule has 4 heteroatoms. The van der Waals surface area contributed by atoms with Gasteiger partial charge in [-0.15, -0.1) is 0 Å². The summed E-state index contributed by atoms with van der Waals surface area (Å²) in [6.45, 7) is 1.99. The third kappa shape index (κ3) is 2.20. The molecule has 92 valence electrons. The summed E-state index contributed by atoms with van der Waals surface area (Å²) < 4.78 is 5.87. The molecule has 2 saturated heterocycles. The Morgan fingerprint density at radius 1 is 1.29 bits per heavy atom. The Labute approximate surface area is 115 Å². The molecule has 2 fully saturated rings. The fraction of sp³-hybridized carbons (Fsp3) is 0.538. The summed E-state index contributed by atoms with van der Waals surface area (Å²) in [6, 6.07) is 6.14. The molecule has 2 atom stereocenters. The number of rotatable bonds is 2. The zero-order valence-electron chi connectivity index (χ0n) is 9.53. The van der Waals surface area contributed by atoms with Gasteiger partial charge in [-0.1, -0.05) is 33.6 Å². The van der Waals surface area contributed by atoms with Crippen LogP contribution >= 0.6 is 27.5 Å². The van der Waals surface area contributed by atoms with E-state index < -0.39 is 0 Å². The Kier molecular flexibility index (Phi) is 3.33. The molecule has 0 N–H and O–H groups in total. The van der Waals surface area contributed by atoms with Crippen LogP contribution in [-0.4, -0.2) is 25.3 Å². The highest BCUT2D eigenvalue weighted by Gasteiger charge is 2.34. The van der Waals surface area contributed by atoms with Crippen molar-refractivity contribution in [2.45, 2.75) is 30.4 Å². The van der Waals surface area contributed by atoms with Crippen molar-refractivity contribution >= 4 is 33.2 Å². The third-order valence-corrected chi connectivity index (χ3v) is 4.53. The average Bonchev–Trinajstić information content (AvgIpc) is 2.68. The molecule has 2 aliphatic rings. The van der Waals surface area contributed by atoms with E-state index in [0.717, 1.165) is 23.4 Å². The molecule has 1 aromatic carbocycles. The highest BCUT2D eigenvalue weighted by molar-refractivity contribution is 9.08. The lowest BCUT2D eigenvalue weighted by atomic mass is 10.1. The molecule has 2 nitrogen and oxygen atoms in total. The molecule has 1 aromatic rings. The lowest BCUT2D eigenvalue weighted by Crippen LogP contribution is -2.43. The zero-order chi connectivity index (χ0) is 11.8. The molecular weight excluding hydrogens is 302 g/mol. The Morgan fingerprint density at radius 2 is 2.00 bits per heavy atom. The molecular formula is C13H15BrClNO. The van der Waals surface area contributed by atoms with Crippen LogP contribution in [0.3, 0.4) is 0 Å². The van der Waals surface area contributed by atoms with Gasteiger partial charge in [0, 0.05) is 34.7 Å². The van der Waals surface area contributed by atoms with E-state index in [0.29, 0.717) is 12.2 Å². The highest BCUT2D eigenvalue weighted by atomic mass is 79.9. The fourth-order valence-electron chi connectivity index (χ4n) is 2.79. The first-order valence-corrected chi connectivity index (χ1v) is 7.51. The summed E-state index contributed by atoms with van der Waals surface area (Å²) in [7, 11) is 0. The largest absolute Gasteiger partial charge is 0.371 e. The van der Waals surface area contributed by atoms with Gasteiger partial charge in [0.15, 0.2) is 0 Å². The molecule has 2 heterocycles. The van der Waals surface area contributed by atoms with Crippen LogP contribution in [-0.2, 0) is 10.1 Å². The molecule has 0 radical (unpaired) electrons. The first-order valence-electron chi connectivity index (χ1n) is 6.01. The molecule has 2 aliphatic heterocycles. The van der Waals surface area contributed by atoms with Gasteiger partial charge in [0.25, 0.3) is 0 Å². The summed E-state index contributed by atoms with van der Waals surface area (Å²) >= 11 is 9.78. The van der Waals surface area contributed by atoms with Gasteiger partial charge in [0.05, 0.1) is 12.2 Å². The van der Waals surface area contributed by atoms with Gasteiger partial charge in [0.2, 0.25) is 0 Å². The van der Waals surface area contributed by atoms with E-state index in [-0.39, 0.29) is 0 Å². The molecule has 0 aromatic heterocycles. The fourth-order valence-corrected chi connectivity index (χ4v) is 3.77. The second-order valence-electron chi connectivity index (χ2n) is 4.73. The minimum absolute atomic E-state index is 0.413. The number of halogens is 2. The van der Waals surface area contributed by atoms with Gasteiger partial charge in [-0.2, -0.15) is 0 Å². The van der Waals surface area contributed by atoms with Crippen molar-refractivity contribution in [3.05, 3.63) is 28.8 Å². The van der Waals surface area contributed by atoms with E-state index in [1.54, 1.807) is 0 Å². The molecule has 17 heavy (non-hydrogen) atoms. The van der Waals surface area contributed by atoms with Gasteiger partial charge < -0.3 is 9.64 Å². The standard InChI is InChI=1S/C13H15BrClNO/c14-6-11-12(15)2-1-3-13(11)16-7-9-4-5-10(8-16)17-9/h1-3,9-10H,4-8H2. The van der Waals surface area contributed by atoms with Crippen LogP contribution in [0, 0.1) is 0 Å². The lowest BCUT2D eigenvalue weighted by molar-refractivity contribution is 0.0304. The molecule has 2 bridgehead atoms. The van der Waals surface area contributed by atoms with Gasteiger partial charge in [-0.25, -0.2) is 0 Å². The van der Waals surface area contributed by atoms with Crippen LogP contribution in [0.25, 0.3) is 0 Å². The van der Waals surface area contributed by atoms with Gasteiger partial charge in [0.1, 0.15) is 0 Å². The van der Waals surface area contributed by atoms with E-state index in [1.807, 2.05) is 12.1 Å². The van der Waals surface area contributed by atoms with Crippen molar-refractivity contribution in [1.82, 2.24) is 0 Å². The Bertz CT molecular complexity index is 414. The molecule has 2 unspecified atom stereocenters. The van der Waals surface area contributed by atoms with Gasteiger partial charge in [-0.3, -0.25) is 0 Å². The van der Waals surface area contributed by atoms with Crippen LogP contribution < -0.4 is 4.90 Å². The molecule has 0 spiro atoms. The molecule has 3 rings (SSSR count). The lowest BCUT2D eigenvalue weighted by Gasteiger charge is -2.35. The smallest absolute Gasteiger partial charge is 0.0755 e. The maximum absolute atomic E-state index is 6.25. The maximum atomic E-state index is 6.25. The number of anilines is 1. The predicted molar refractivity (Wildman–Crippen MR) is 74.2 cm³/mol.